The number of aliphatic imine (C=N–C) groups is 2. The molecule has 0 bridgehead atoms. The topological polar surface area (TPSA) is 127 Å². The molecule has 0 saturated carbocycles. The number of hydrogen-bond donors (Lipinski definition) is 2. The zero-order valence-corrected chi connectivity index (χ0v) is 20.2. The van der Waals surface area contributed by atoms with E-state index in [-0.39, 0.29) is 24.7 Å². The second-order valence-corrected chi connectivity index (χ2v) is 8.38. The Morgan fingerprint density at radius 3 is 2.70 bits per heavy atom. The minimum Gasteiger partial charge on any atom is -0.406 e. The fourth-order valence-electron chi connectivity index (χ4n) is 3.73. The van der Waals surface area contributed by atoms with E-state index in [1.54, 1.807) is 13.1 Å². The standard InChI is InChI=1S/C24H27F3N8O2.H2/c1-16(31-15-17-8-9-29-20(14-17)30-10-13-35-11-2-3-12-35)32-21(28)23-33-22(34-37-23)18-4-6-19(7-5-18)36-24(25,26)27;/h4-9,14H,2-3,10-13,15H2,1H3,(H,29,30)(H2,28,31,32);1H. The molecule has 4 rings (SSSR count). The van der Waals surface area contributed by atoms with Crippen LogP contribution >= 0.6 is 0 Å². The predicted molar refractivity (Wildman–Crippen MR) is 134 cm³/mol. The molecular formula is C24H29F3N8O2. The molecule has 0 spiro atoms. The van der Waals surface area contributed by atoms with E-state index in [9.17, 15) is 13.2 Å². The molecule has 1 fully saturated rings. The third-order valence-electron chi connectivity index (χ3n) is 5.52. The Kier molecular flexibility index (Phi) is 8.33. The molecule has 13 heteroatoms. The average molecular weight is 519 g/mol. The number of halogens is 3. The number of anilines is 1. The summed E-state index contributed by atoms with van der Waals surface area (Å²) >= 11 is 0. The highest BCUT2D eigenvalue weighted by molar-refractivity contribution is 6.02. The number of nitrogens with one attached hydrogen (secondary N) is 1. The molecule has 1 aliphatic rings. The predicted octanol–water partition coefficient (Wildman–Crippen LogP) is 4.11. The summed E-state index contributed by atoms with van der Waals surface area (Å²) in [4.78, 5) is 19.6. The minimum absolute atomic E-state index is 0. The van der Waals surface area contributed by atoms with Crippen LogP contribution in [0.1, 0.15) is 32.6 Å². The number of amidine groups is 2. The lowest BCUT2D eigenvalue weighted by molar-refractivity contribution is -0.274. The molecule has 0 amide bonds. The van der Waals surface area contributed by atoms with Crippen molar-refractivity contribution in [2.75, 3.05) is 31.5 Å². The quantitative estimate of drug-likeness (QED) is 0.320. The summed E-state index contributed by atoms with van der Waals surface area (Å²) in [5.74, 6) is 0.926. The zero-order valence-electron chi connectivity index (χ0n) is 20.2. The lowest BCUT2D eigenvalue weighted by atomic mass is 10.2. The summed E-state index contributed by atoms with van der Waals surface area (Å²) in [7, 11) is 0. The van der Waals surface area contributed by atoms with Gasteiger partial charge in [0.05, 0.1) is 6.54 Å². The van der Waals surface area contributed by atoms with Crippen molar-refractivity contribution in [3.05, 3.63) is 54.0 Å². The average Bonchev–Trinajstić information content (AvgIpc) is 3.55. The minimum atomic E-state index is -4.77. The third-order valence-corrected chi connectivity index (χ3v) is 5.52. The number of alkyl halides is 3. The first-order valence-electron chi connectivity index (χ1n) is 11.7. The van der Waals surface area contributed by atoms with Crippen LogP contribution in [0.2, 0.25) is 0 Å². The van der Waals surface area contributed by atoms with Gasteiger partial charge in [-0.05, 0) is 74.8 Å². The van der Waals surface area contributed by atoms with E-state index in [1.165, 1.54) is 25.0 Å². The molecule has 0 aliphatic carbocycles. The number of nitrogens with zero attached hydrogens (tertiary/aromatic N) is 6. The second kappa shape index (κ2) is 11.8. The number of nitrogens with two attached hydrogens (primary N) is 1. The van der Waals surface area contributed by atoms with E-state index in [0.717, 1.165) is 49.7 Å². The van der Waals surface area contributed by atoms with Crippen LogP contribution in [0.25, 0.3) is 11.4 Å². The molecule has 10 nitrogen and oxygen atoms in total. The van der Waals surface area contributed by atoms with E-state index < -0.39 is 6.36 Å². The van der Waals surface area contributed by atoms with E-state index in [4.69, 9.17) is 10.3 Å². The molecule has 37 heavy (non-hydrogen) atoms. The van der Waals surface area contributed by atoms with Gasteiger partial charge in [-0.1, -0.05) is 5.16 Å². The van der Waals surface area contributed by atoms with Crippen molar-refractivity contribution in [2.24, 2.45) is 15.7 Å². The summed E-state index contributed by atoms with van der Waals surface area (Å²) in [5.41, 5.74) is 7.37. The van der Waals surface area contributed by atoms with Crippen LogP contribution < -0.4 is 15.8 Å². The molecule has 2 aromatic heterocycles. The highest BCUT2D eigenvalue weighted by Crippen LogP contribution is 2.25. The highest BCUT2D eigenvalue weighted by Gasteiger charge is 2.31. The normalized spacial score (nSPS) is 15.2. The van der Waals surface area contributed by atoms with Gasteiger partial charge in [-0.2, -0.15) is 4.98 Å². The maximum Gasteiger partial charge on any atom is 0.573 e. The number of pyridine rings is 1. The molecule has 198 valence electrons. The second-order valence-electron chi connectivity index (χ2n) is 8.38. The maximum absolute atomic E-state index is 12.3. The van der Waals surface area contributed by atoms with E-state index in [2.05, 4.69) is 40.1 Å². The van der Waals surface area contributed by atoms with Gasteiger partial charge in [-0.25, -0.2) is 9.98 Å². The first-order chi connectivity index (χ1) is 17.7. The maximum atomic E-state index is 12.3. The molecular weight excluding hydrogens is 489 g/mol. The van der Waals surface area contributed by atoms with Crippen molar-refractivity contribution in [1.29, 1.82) is 0 Å². The van der Waals surface area contributed by atoms with Gasteiger partial charge in [0.1, 0.15) is 17.4 Å². The molecule has 1 saturated heterocycles. The Balaban J connectivity index is 0.00000400. The highest BCUT2D eigenvalue weighted by atomic mass is 19.4. The first kappa shape index (κ1) is 26.1. The van der Waals surface area contributed by atoms with E-state index in [1.807, 2.05) is 12.1 Å². The van der Waals surface area contributed by atoms with Crippen LogP contribution in [-0.4, -0.2) is 64.2 Å². The van der Waals surface area contributed by atoms with Gasteiger partial charge >= 0.3 is 6.36 Å². The Hall–Kier alpha value is -4.00. The smallest absolute Gasteiger partial charge is 0.406 e. The first-order valence-corrected chi connectivity index (χ1v) is 11.7. The molecule has 1 aliphatic heterocycles. The SMILES string of the molecule is CC(=NCc1ccnc(NCCN2CCCC2)c1)N=C(N)c1nc(-c2ccc(OC(F)(F)F)cc2)no1.[HH]. The van der Waals surface area contributed by atoms with Crippen LogP contribution in [0, 0.1) is 0 Å². The van der Waals surface area contributed by atoms with Crippen molar-refractivity contribution >= 4 is 17.5 Å². The van der Waals surface area contributed by atoms with Crippen LogP contribution in [0.5, 0.6) is 5.75 Å². The molecule has 0 unspecified atom stereocenters. The summed E-state index contributed by atoms with van der Waals surface area (Å²) in [6.45, 7) is 6.22. The number of likely N-dealkylation sites (tertiary alicyclic amines) is 1. The van der Waals surface area contributed by atoms with Crippen molar-refractivity contribution in [3.63, 3.8) is 0 Å². The van der Waals surface area contributed by atoms with Crippen LogP contribution in [-0.2, 0) is 6.54 Å². The summed E-state index contributed by atoms with van der Waals surface area (Å²) in [6, 6.07) is 8.88. The zero-order chi connectivity index (χ0) is 26.3. The fourth-order valence-corrected chi connectivity index (χ4v) is 3.73. The number of rotatable bonds is 9. The van der Waals surface area contributed by atoms with Gasteiger partial charge in [-0.3, -0.25) is 4.99 Å². The van der Waals surface area contributed by atoms with Gasteiger partial charge in [0, 0.05) is 26.3 Å². The van der Waals surface area contributed by atoms with Crippen molar-refractivity contribution in [3.8, 4) is 17.1 Å². The number of aromatic nitrogens is 3. The molecule has 0 radical (unpaired) electrons. The van der Waals surface area contributed by atoms with Crippen molar-refractivity contribution in [1.82, 2.24) is 20.0 Å². The van der Waals surface area contributed by atoms with E-state index in [0.29, 0.717) is 17.9 Å². The Morgan fingerprint density at radius 1 is 1.22 bits per heavy atom. The van der Waals surface area contributed by atoms with Gasteiger partial charge in [0.15, 0.2) is 5.84 Å². The Bertz CT molecular complexity index is 1240. The summed E-state index contributed by atoms with van der Waals surface area (Å²) < 4.78 is 45.9. The van der Waals surface area contributed by atoms with Gasteiger partial charge in [0.2, 0.25) is 5.82 Å². The van der Waals surface area contributed by atoms with Gasteiger partial charge in [0.25, 0.3) is 5.89 Å². The Morgan fingerprint density at radius 2 is 1.97 bits per heavy atom. The Labute approximate surface area is 212 Å². The number of hydrogen-bond acceptors (Lipinski definition) is 8. The fraction of sp³-hybridized carbons (Fsp3) is 0.375. The van der Waals surface area contributed by atoms with Crippen LogP contribution in [0.4, 0.5) is 19.0 Å². The largest absolute Gasteiger partial charge is 0.573 e. The molecule has 3 N–H and O–H groups in total. The van der Waals surface area contributed by atoms with Gasteiger partial charge in [-0.15, -0.1) is 13.2 Å². The number of benzene rings is 1. The molecule has 3 heterocycles. The van der Waals surface area contributed by atoms with Crippen LogP contribution in [0.3, 0.4) is 0 Å². The molecule has 1 aromatic carbocycles. The molecule has 3 aromatic rings. The van der Waals surface area contributed by atoms with Crippen LogP contribution in [0.15, 0.2) is 57.1 Å². The lowest BCUT2D eigenvalue weighted by Gasteiger charge is -2.15. The van der Waals surface area contributed by atoms with E-state index >= 15 is 0 Å². The molecule has 0 atom stereocenters. The summed E-state index contributed by atoms with van der Waals surface area (Å²) in [5, 5.41) is 7.15. The number of ether oxygens (including phenoxy) is 1. The van der Waals surface area contributed by atoms with Gasteiger partial charge < -0.3 is 25.2 Å². The lowest BCUT2D eigenvalue weighted by Crippen LogP contribution is -2.26. The van der Waals surface area contributed by atoms with Crippen molar-refractivity contribution < 1.29 is 23.9 Å². The summed E-state index contributed by atoms with van der Waals surface area (Å²) in [6.07, 6.45) is -0.500. The third kappa shape index (κ3) is 8.00. The monoisotopic (exact) mass is 518 g/mol. The van der Waals surface area contributed by atoms with Crippen molar-refractivity contribution in [2.45, 2.75) is 32.7 Å².